The number of ether oxygens (including phenoxy) is 3. The van der Waals surface area contributed by atoms with Gasteiger partial charge in [-0.05, 0) is 36.6 Å². The molecule has 1 aliphatic heterocycles. The number of methoxy groups -OCH3 is 2. The number of carbonyl (C=O) groups excluding carboxylic acids is 3. The standard InChI is InChI=1S/C23H29NO6S/c1-6-30-19(25)13-12-15(3)23(14-16(20(26)28-4)21(27)29-5)17-10-8-9-11-18(17)24-22(23)31-7-2/h8-13,15-16H,6-7,14H2,1-5H3/b13-12+. The molecule has 0 saturated heterocycles. The van der Waals surface area contributed by atoms with Crippen LogP contribution < -0.4 is 0 Å². The van der Waals surface area contributed by atoms with Gasteiger partial charge in [-0.3, -0.25) is 9.59 Å². The highest BCUT2D eigenvalue weighted by molar-refractivity contribution is 8.14. The van der Waals surface area contributed by atoms with Gasteiger partial charge >= 0.3 is 17.9 Å². The van der Waals surface area contributed by atoms with Crippen LogP contribution in [0.25, 0.3) is 0 Å². The fourth-order valence-corrected chi connectivity index (χ4v) is 4.91. The lowest BCUT2D eigenvalue weighted by Gasteiger charge is -2.37. The summed E-state index contributed by atoms with van der Waals surface area (Å²) in [6.45, 7) is 5.97. The maximum Gasteiger partial charge on any atom is 0.330 e. The highest BCUT2D eigenvalue weighted by Crippen LogP contribution is 2.52. The van der Waals surface area contributed by atoms with Gasteiger partial charge in [0.15, 0.2) is 5.92 Å². The van der Waals surface area contributed by atoms with Gasteiger partial charge in [0.1, 0.15) is 0 Å². The molecular formula is C23H29NO6S. The second-order valence-corrected chi connectivity index (χ2v) is 8.29. The number of hydrogen-bond acceptors (Lipinski definition) is 8. The maximum absolute atomic E-state index is 12.5. The van der Waals surface area contributed by atoms with E-state index >= 15 is 0 Å². The van der Waals surface area contributed by atoms with E-state index in [0.717, 1.165) is 22.0 Å². The normalized spacial score (nSPS) is 18.5. The molecule has 1 heterocycles. The molecule has 0 amide bonds. The summed E-state index contributed by atoms with van der Waals surface area (Å²) in [7, 11) is 2.49. The molecule has 0 aliphatic carbocycles. The van der Waals surface area contributed by atoms with E-state index in [1.54, 1.807) is 24.8 Å². The SMILES string of the molecule is CCOC(=O)/C=C/C(C)C1(CC(C(=O)OC)C(=O)OC)C(SCC)=Nc2ccccc21. The van der Waals surface area contributed by atoms with Crippen LogP contribution in [0.1, 0.15) is 32.8 Å². The molecule has 2 unspecified atom stereocenters. The molecule has 8 heteroatoms. The van der Waals surface area contributed by atoms with Gasteiger partial charge in [-0.15, -0.1) is 11.8 Å². The van der Waals surface area contributed by atoms with Gasteiger partial charge in [0, 0.05) is 6.08 Å². The summed E-state index contributed by atoms with van der Waals surface area (Å²) in [5.74, 6) is -2.45. The van der Waals surface area contributed by atoms with Gasteiger partial charge in [-0.1, -0.05) is 38.1 Å². The van der Waals surface area contributed by atoms with Crippen molar-refractivity contribution in [3.05, 3.63) is 42.0 Å². The largest absolute Gasteiger partial charge is 0.468 e. The zero-order chi connectivity index (χ0) is 23.0. The number of benzene rings is 1. The van der Waals surface area contributed by atoms with E-state index in [1.165, 1.54) is 20.3 Å². The van der Waals surface area contributed by atoms with Gasteiger partial charge in [0.2, 0.25) is 0 Å². The molecule has 0 bridgehead atoms. The lowest BCUT2D eigenvalue weighted by molar-refractivity contribution is -0.159. The number of nitrogens with zero attached hydrogens (tertiary/aromatic N) is 1. The Morgan fingerprint density at radius 3 is 2.35 bits per heavy atom. The molecule has 0 N–H and O–H groups in total. The summed E-state index contributed by atoms with van der Waals surface area (Å²) in [6.07, 6.45) is 3.23. The summed E-state index contributed by atoms with van der Waals surface area (Å²) in [5.41, 5.74) is 0.862. The first kappa shape index (κ1) is 24.7. The fourth-order valence-electron chi connectivity index (χ4n) is 3.84. The summed E-state index contributed by atoms with van der Waals surface area (Å²) in [4.78, 5) is 41.8. The minimum atomic E-state index is -1.14. The summed E-state index contributed by atoms with van der Waals surface area (Å²) >= 11 is 1.55. The molecule has 0 spiro atoms. The third kappa shape index (κ3) is 5.18. The molecule has 168 valence electrons. The van der Waals surface area contributed by atoms with Crippen LogP contribution in [-0.4, -0.2) is 49.5 Å². The number of fused-ring (bicyclic) bond motifs is 1. The Bertz CT molecular complexity index is 865. The number of para-hydroxylation sites is 1. The second kappa shape index (κ2) is 11.1. The Morgan fingerprint density at radius 1 is 1.13 bits per heavy atom. The quantitative estimate of drug-likeness (QED) is 0.246. The summed E-state index contributed by atoms with van der Waals surface area (Å²) in [5, 5.41) is 0.787. The Kier molecular flexibility index (Phi) is 8.86. The average molecular weight is 448 g/mol. The van der Waals surface area contributed by atoms with E-state index in [9.17, 15) is 14.4 Å². The first-order valence-corrected chi connectivity index (χ1v) is 11.2. The molecule has 1 aromatic carbocycles. The lowest BCUT2D eigenvalue weighted by atomic mass is 9.67. The Hall–Kier alpha value is -2.61. The van der Waals surface area contributed by atoms with E-state index < -0.39 is 29.2 Å². The van der Waals surface area contributed by atoms with Crippen molar-refractivity contribution in [1.82, 2.24) is 0 Å². The Labute approximate surface area is 187 Å². The van der Waals surface area contributed by atoms with Crippen molar-refractivity contribution in [2.75, 3.05) is 26.6 Å². The predicted octanol–water partition coefficient (Wildman–Crippen LogP) is 3.83. The average Bonchev–Trinajstić information content (AvgIpc) is 3.09. The van der Waals surface area contributed by atoms with Gasteiger partial charge in [0.25, 0.3) is 0 Å². The van der Waals surface area contributed by atoms with Crippen LogP contribution in [0.4, 0.5) is 5.69 Å². The minimum absolute atomic E-state index is 0.101. The second-order valence-electron chi connectivity index (χ2n) is 7.04. The molecule has 1 aromatic rings. The Balaban J connectivity index is 2.64. The molecule has 7 nitrogen and oxygen atoms in total. The molecule has 0 aromatic heterocycles. The third-order valence-electron chi connectivity index (χ3n) is 5.35. The van der Waals surface area contributed by atoms with E-state index in [0.29, 0.717) is 0 Å². The zero-order valence-corrected chi connectivity index (χ0v) is 19.4. The van der Waals surface area contributed by atoms with Gasteiger partial charge in [-0.25, -0.2) is 9.79 Å². The first-order valence-electron chi connectivity index (χ1n) is 10.2. The van der Waals surface area contributed by atoms with Crippen LogP contribution in [0.15, 0.2) is 41.4 Å². The van der Waals surface area contributed by atoms with Crippen molar-refractivity contribution in [2.45, 2.75) is 32.6 Å². The van der Waals surface area contributed by atoms with Crippen molar-refractivity contribution in [3.63, 3.8) is 0 Å². The number of hydrogen-bond donors (Lipinski definition) is 0. The van der Waals surface area contributed by atoms with Crippen LogP contribution in [0, 0.1) is 11.8 Å². The van der Waals surface area contributed by atoms with Crippen LogP contribution in [0.3, 0.4) is 0 Å². The zero-order valence-electron chi connectivity index (χ0n) is 18.5. The van der Waals surface area contributed by atoms with Crippen molar-refractivity contribution >= 4 is 40.4 Å². The number of thioether (sulfide) groups is 1. The minimum Gasteiger partial charge on any atom is -0.468 e. The third-order valence-corrected chi connectivity index (χ3v) is 6.37. The van der Waals surface area contributed by atoms with E-state index in [4.69, 9.17) is 19.2 Å². The molecule has 1 aliphatic rings. The number of aliphatic imine (C=N–C) groups is 1. The van der Waals surface area contributed by atoms with E-state index in [2.05, 4.69) is 0 Å². The molecule has 2 atom stereocenters. The van der Waals surface area contributed by atoms with Crippen molar-refractivity contribution in [3.8, 4) is 0 Å². The highest BCUT2D eigenvalue weighted by atomic mass is 32.2. The topological polar surface area (TPSA) is 91.3 Å². The first-order chi connectivity index (χ1) is 14.8. The number of esters is 3. The van der Waals surface area contributed by atoms with Gasteiger partial charge in [0.05, 0.1) is 37.0 Å². The van der Waals surface area contributed by atoms with Gasteiger partial charge in [-0.2, -0.15) is 0 Å². The number of allylic oxidation sites excluding steroid dienone is 1. The van der Waals surface area contributed by atoms with Crippen LogP contribution in [-0.2, 0) is 34.0 Å². The lowest BCUT2D eigenvalue weighted by Crippen LogP contribution is -2.43. The molecule has 0 fully saturated rings. The van der Waals surface area contributed by atoms with Crippen molar-refractivity contribution < 1.29 is 28.6 Å². The molecule has 31 heavy (non-hydrogen) atoms. The van der Waals surface area contributed by atoms with Crippen LogP contribution in [0.5, 0.6) is 0 Å². The Morgan fingerprint density at radius 2 is 1.77 bits per heavy atom. The van der Waals surface area contributed by atoms with Crippen molar-refractivity contribution in [1.29, 1.82) is 0 Å². The van der Waals surface area contributed by atoms with E-state index in [1.807, 2.05) is 38.1 Å². The molecular weight excluding hydrogens is 418 g/mol. The van der Waals surface area contributed by atoms with Crippen molar-refractivity contribution in [2.24, 2.45) is 16.8 Å². The van der Waals surface area contributed by atoms with Crippen LogP contribution >= 0.6 is 11.8 Å². The maximum atomic E-state index is 12.5. The summed E-state index contributed by atoms with van der Waals surface area (Å²) in [6, 6.07) is 7.64. The monoisotopic (exact) mass is 447 g/mol. The molecule has 0 radical (unpaired) electrons. The predicted molar refractivity (Wildman–Crippen MR) is 120 cm³/mol. The number of rotatable bonds is 9. The number of carbonyl (C=O) groups is 3. The summed E-state index contributed by atoms with van der Waals surface area (Å²) < 4.78 is 14.8. The van der Waals surface area contributed by atoms with Gasteiger partial charge < -0.3 is 14.2 Å². The molecule has 0 saturated carbocycles. The molecule has 2 rings (SSSR count). The smallest absolute Gasteiger partial charge is 0.330 e. The van der Waals surface area contributed by atoms with E-state index in [-0.39, 0.29) is 18.9 Å². The van der Waals surface area contributed by atoms with Crippen LogP contribution in [0.2, 0.25) is 0 Å². The highest BCUT2D eigenvalue weighted by Gasteiger charge is 2.51. The fraction of sp³-hybridized carbons (Fsp3) is 0.478.